The van der Waals surface area contributed by atoms with Gasteiger partial charge in [0.05, 0.1) is 5.92 Å². The molecule has 0 spiro atoms. The first-order valence-corrected chi connectivity index (χ1v) is 9.33. The predicted octanol–water partition coefficient (Wildman–Crippen LogP) is 3.65. The predicted molar refractivity (Wildman–Crippen MR) is 98.6 cm³/mol. The summed E-state index contributed by atoms with van der Waals surface area (Å²) >= 11 is 1.69. The summed E-state index contributed by atoms with van der Waals surface area (Å²) in [7, 11) is 0. The van der Waals surface area contributed by atoms with E-state index in [4.69, 9.17) is 4.74 Å². The quantitative estimate of drug-likeness (QED) is 0.670. The summed E-state index contributed by atoms with van der Waals surface area (Å²) < 4.78 is 6.82. The summed E-state index contributed by atoms with van der Waals surface area (Å²) in [6, 6.07) is 10.0. The minimum Gasteiger partial charge on any atom is -0.461 e. The molecule has 6 heteroatoms. The molecule has 2 aromatic heterocycles. The first-order chi connectivity index (χ1) is 12.3. The van der Waals surface area contributed by atoms with Gasteiger partial charge in [0.25, 0.3) is 0 Å². The Morgan fingerprint density at radius 1 is 1.16 bits per heavy atom. The molecule has 3 heterocycles. The van der Waals surface area contributed by atoms with Crippen molar-refractivity contribution in [2.24, 2.45) is 5.92 Å². The standard InChI is InChI=1S/C19H19N3O2S/c23-18(24-12-15-13-25-17-5-2-1-4-16(15)17)14-6-10-22(11-7-14)19-20-8-3-9-21-19/h1-5,8-9,13-14H,6-7,10-12H2. The van der Waals surface area contributed by atoms with Gasteiger partial charge in [-0.1, -0.05) is 18.2 Å². The molecule has 0 saturated carbocycles. The molecule has 5 nitrogen and oxygen atoms in total. The number of benzene rings is 1. The van der Waals surface area contributed by atoms with Crippen LogP contribution < -0.4 is 4.90 Å². The van der Waals surface area contributed by atoms with Crippen molar-refractivity contribution < 1.29 is 9.53 Å². The highest BCUT2D eigenvalue weighted by Gasteiger charge is 2.27. The molecule has 0 atom stereocenters. The van der Waals surface area contributed by atoms with Crippen molar-refractivity contribution in [3.63, 3.8) is 0 Å². The summed E-state index contributed by atoms with van der Waals surface area (Å²) in [5.41, 5.74) is 1.09. The Hall–Kier alpha value is -2.47. The molecule has 0 amide bonds. The van der Waals surface area contributed by atoms with Crippen molar-refractivity contribution in [1.29, 1.82) is 0 Å². The maximum atomic E-state index is 12.4. The van der Waals surface area contributed by atoms with Gasteiger partial charge in [0, 0.05) is 35.7 Å². The van der Waals surface area contributed by atoms with Crippen LogP contribution in [0.1, 0.15) is 18.4 Å². The van der Waals surface area contributed by atoms with Crippen LogP contribution >= 0.6 is 11.3 Å². The topological polar surface area (TPSA) is 55.3 Å². The third-order valence-electron chi connectivity index (χ3n) is 4.59. The molecule has 1 aliphatic heterocycles. The highest BCUT2D eigenvalue weighted by molar-refractivity contribution is 7.17. The Labute approximate surface area is 150 Å². The molecule has 1 fully saturated rings. The number of carbonyl (C=O) groups is 1. The number of hydrogen-bond donors (Lipinski definition) is 0. The van der Waals surface area contributed by atoms with Gasteiger partial charge in [-0.15, -0.1) is 11.3 Å². The second-order valence-corrected chi connectivity index (χ2v) is 7.09. The lowest BCUT2D eigenvalue weighted by molar-refractivity contribution is -0.150. The van der Waals surface area contributed by atoms with Gasteiger partial charge in [0.15, 0.2) is 0 Å². The number of esters is 1. The van der Waals surface area contributed by atoms with Crippen LogP contribution in [0.5, 0.6) is 0 Å². The van der Waals surface area contributed by atoms with E-state index in [2.05, 4.69) is 32.4 Å². The van der Waals surface area contributed by atoms with E-state index >= 15 is 0 Å². The van der Waals surface area contributed by atoms with Crippen molar-refractivity contribution in [1.82, 2.24) is 9.97 Å². The van der Waals surface area contributed by atoms with Gasteiger partial charge < -0.3 is 9.64 Å². The fourth-order valence-electron chi connectivity index (χ4n) is 3.18. The average molecular weight is 353 g/mol. The Morgan fingerprint density at radius 2 is 1.92 bits per heavy atom. The van der Waals surface area contributed by atoms with Crippen molar-refractivity contribution >= 4 is 33.3 Å². The van der Waals surface area contributed by atoms with E-state index in [9.17, 15) is 4.79 Å². The van der Waals surface area contributed by atoms with Crippen molar-refractivity contribution in [2.45, 2.75) is 19.4 Å². The molecule has 1 aliphatic rings. The highest BCUT2D eigenvalue weighted by Crippen LogP contribution is 2.27. The molecule has 0 N–H and O–H groups in total. The molecule has 0 bridgehead atoms. The molecular formula is C19H19N3O2S. The highest BCUT2D eigenvalue weighted by atomic mass is 32.1. The molecule has 25 heavy (non-hydrogen) atoms. The van der Waals surface area contributed by atoms with Gasteiger partial charge in [-0.05, 0) is 35.7 Å². The van der Waals surface area contributed by atoms with E-state index < -0.39 is 0 Å². The molecule has 0 aliphatic carbocycles. The number of anilines is 1. The second kappa shape index (κ2) is 7.19. The van der Waals surface area contributed by atoms with Crippen LogP contribution in [-0.4, -0.2) is 29.0 Å². The Bertz CT molecular complexity index is 857. The normalized spacial score (nSPS) is 15.4. The average Bonchev–Trinajstić information content (AvgIpc) is 3.10. The van der Waals surface area contributed by atoms with Gasteiger partial charge in [-0.25, -0.2) is 9.97 Å². The number of fused-ring (bicyclic) bond motifs is 1. The van der Waals surface area contributed by atoms with E-state index in [0.29, 0.717) is 6.61 Å². The molecule has 1 aromatic carbocycles. The number of nitrogens with zero attached hydrogens (tertiary/aromatic N) is 3. The smallest absolute Gasteiger partial charge is 0.309 e. The summed E-state index contributed by atoms with van der Waals surface area (Å²) in [6.07, 6.45) is 5.05. The molecule has 0 unspecified atom stereocenters. The maximum Gasteiger partial charge on any atom is 0.309 e. The van der Waals surface area contributed by atoms with Crippen LogP contribution in [0.2, 0.25) is 0 Å². The molecule has 3 aromatic rings. The number of thiophene rings is 1. The van der Waals surface area contributed by atoms with E-state index in [-0.39, 0.29) is 11.9 Å². The summed E-state index contributed by atoms with van der Waals surface area (Å²) in [5.74, 6) is 0.604. The van der Waals surface area contributed by atoms with Crippen LogP contribution in [-0.2, 0) is 16.1 Å². The number of rotatable bonds is 4. The van der Waals surface area contributed by atoms with E-state index in [0.717, 1.165) is 37.4 Å². The Morgan fingerprint density at radius 3 is 2.72 bits per heavy atom. The van der Waals surface area contributed by atoms with Crippen LogP contribution in [0.15, 0.2) is 48.1 Å². The zero-order valence-corrected chi connectivity index (χ0v) is 14.6. The fraction of sp³-hybridized carbons (Fsp3) is 0.316. The molecule has 128 valence electrons. The van der Waals surface area contributed by atoms with Gasteiger partial charge >= 0.3 is 5.97 Å². The maximum absolute atomic E-state index is 12.4. The lowest BCUT2D eigenvalue weighted by Gasteiger charge is -2.30. The largest absolute Gasteiger partial charge is 0.461 e. The van der Waals surface area contributed by atoms with Crippen LogP contribution in [0.4, 0.5) is 5.95 Å². The fourth-order valence-corrected chi connectivity index (χ4v) is 4.13. The van der Waals surface area contributed by atoms with Crippen LogP contribution in [0.3, 0.4) is 0 Å². The van der Waals surface area contributed by atoms with E-state index in [1.807, 2.05) is 18.2 Å². The van der Waals surface area contributed by atoms with Crippen molar-refractivity contribution in [3.05, 3.63) is 53.7 Å². The third-order valence-corrected chi connectivity index (χ3v) is 5.61. The number of aromatic nitrogens is 2. The number of hydrogen-bond acceptors (Lipinski definition) is 6. The van der Waals surface area contributed by atoms with Gasteiger partial charge in [-0.2, -0.15) is 0 Å². The second-order valence-electron chi connectivity index (χ2n) is 6.17. The Balaban J connectivity index is 1.32. The first kappa shape index (κ1) is 16.0. The minimum atomic E-state index is -0.0936. The van der Waals surface area contributed by atoms with Gasteiger partial charge in [0.1, 0.15) is 6.61 Å². The molecule has 4 rings (SSSR count). The van der Waals surface area contributed by atoms with Crippen LogP contribution in [0.25, 0.3) is 10.1 Å². The van der Waals surface area contributed by atoms with Crippen LogP contribution in [0, 0.1) is 5.92 Å². The van der Waals surface area contributed by atoms with E-state index in [1.165, 1.54) is 10.1 Å². The van der Waals surface area contributed by atoms with E-state index in [1.54, 1.807) is 23.7 Å². The summed E-state index contributed by atoms with van der Waals surface area (Å²) in [5, 5.41) is 3.25. The first-order valence-electron chi connectivity index (χ1n) is 8.45. The molecular weight excluding hydrogens is 334 g/mol. The summed E-state index contributed by atoms with van der Waals surface area (Å²) in [4.78, 5) is 23.1. The zero-order valence-electron chi connectivity index (χ0n) is 13.8. The Kier molecular flexibility index (Phi) is 4.61. The van der Waals surface area contributed by atoms with Gasteiger partial charge in [0.2, 0.25) is 5.95 Å². The summed E-state index contributed by atoms with van der Waals surface area (Å²) in [6.45, 7) is 1.92. The minimum absolute atomic E-state index is 0.0372. The molecule has 1 saturated heterocycles. The number of piperidine rings is 1. The SMILES string of the molecule is O=C(OCc1csc2ccccc12)C1CCN(c2ncccn2)CC1. The monoisotopic (exact) mass is 353 g/mol. The number of carbonyl (C=O) groups excluding carboxylic acids is 1. The van der Waals surface area contributed by atoms with Crippen molar-refractivity contribution in [2.75, 3.05) is 18.0 Å². The number of ether oxygens (including phenoxy) is 1. The zero-order chi connectivity index (χ0) is 17.1. The van der Waals surface area contributed by atoms with Gasteiger partial charge in [-0.3, -0.25) is 4.79 Å². The third kappa shape index (κ3) is 3.49. The molecule has 0 radical (unpaired) electrons. The lowest BCUT2D eigenvalue weighted by Crippen LogP contribution is -2.37. The van der Waals surface area contributed by atoms with Crippen molar-refractivity contribution in [3.8, 4) is 0 Å². The lowest BCUT2D eigenvalue weighted by atomic mass is 9.97.